The Morgan fingerprint density at radius 3 is 2.10 bits per heavy atom. The third-order valence-electron chi connectivity index (χ3n) is 5.07. The molecule has 0 aromatic heterocycles. The Labute approximate surface area is 177 Å². The summed E-state index contributed by atoms with van der Waals surface area (Å²) in [7, 11) is 0.625. The number of hydrogen-bond donors (Lipinski definition) is 2. The number of esters is 1. The van der Waals surface area contributed by atoms with Gasteiger partial charge in [0, 0.05) is 0 Å². The summed E-state index contributed by atoms with van der Waals surface area (Å²) >= 11 is 0. The van der Waals surface area contributed by atoms with Crippen LogP contribution in [0, 0.1) is 5.92 Å². The largest absolute Gasteiger partial charge is 0.507 e. The predicted octanol–water partition coefficient (Wildman–Crippen LogP) is -0.278. The van der Waals surface area contributed by atoms with Crippen molar-refractivity contribution in [3.05, 3.63) is 28.3 Å². The number of hydrogen-bond acceptors (Lipinski definition) is 5. The Morgan fingerprint density at radius 1 is 1.13 bits per heavy atom. The fraction of sp³-hybridized carbons (Fsp3) is 0.588. The SMILES string of the molecule is BCc1cc(CB)c(CC(CC)C(=O)OC(CS(=O)(=O)O)C(F)(F)F)c(CB)c1O. The number of ether oxygens (including phenoxy) is 1. The summed E-state index contributed by atoms with van der Waals surface area (Å²) < 4.78 is 74.3. The maximum atomic E-state index is 13.1. The summed E-state index contributed by atoms with van der Waals surface area (Å²) in [5, 5.41) is 10.5. The quantitative estimate of drug-likeness (QED) is 0.291. The highest BCUT2D eigenvalue weighted by atomic mass is 32.2. The van der Waals surface area contributed by atoms with Gasteiger partial charge in [-0.3, -0.25) is 9.35 Å². The van der Waals surface area contributed by atoms with Crippen molar-refractivity contribution < 1.29 is 40.8 Å². The standard InChI is InChI=1S/C17H26B3F3O6S/c1-2-9(16(25)29-14(17(21,22)23)8-30(26,27)28)4-12-10(5-18)3-11(6-19)15(24)13(12)7-20/h3,9,14,24H,2,4-8,18-20H2,1H3,(H,26,27,28). The van der Waals surface area contributed by atoms with Crippen molar-refractivity contribution >= 4 is 39.6 Å². The van der Waals surface area contributed by atoms with Gasteiger partial charge in [0.15, 0.2) is 0 Å². The van der Waals surface area contributed by atoms with E-state index >= 15 is 0 Å². The number of phenols is 1. The second-order valence-electron chi connectivity index (χ2n) is 7.09. The fourth-order valence-electron chi connectivity index (χ4n) is 3.38. The third-order valence-corrected chi connectivity index (χ3v) is 5.79. The highest BCUT2D eigenvalue weighted by Gasteiger charge is 2.46. The molecule has 0 bridgehead atoms. The van der Waals surface area contributed by atoms with Crippen LogP contribution < -0.4 is 0 Å². The average molecular weight is 448 g/mol. The van der Waals surface area contributed by atoms with Crippen LogP contribution in [0.25, 0.3) is 0 Å². The summed E-state index contributed by atoms with van der Waals surface area (Å²) in [6, 6.07) is 1.83. The Balaban J connectivity index is 3.25. The van der Waals surface area contributed by atoms with Crippen LogP contribution in [0.3, 0.4) is 0 Å². The van der Waals surface area contributed by atoms with E-state index in [1.54, 1.807) is 6.92 Å². The van der Waals surface area contributed by atoms with E-state index in [4.69, 9.17) is 4.55 Å². The van der Waals surface area contributed by atoms with Crippen molar-refractivity contribution in [3.8, 4) is 5.75 Å². The number of carbonyl (C=O) groups is 1. The molecule has 0 amide bonds. The van der Waals surface area contributed by atoms with Gasteiger partial charge in [0.2, 0.25) is 6.10 Å². The summed E-state index contributed by atoms with van der Waals surface area (Å²) in [4.78, 5) is 12.5. The molecule has 2 unspecified atom stereocenters. The number of aromatic hydroxyl groups is 1. The van der Waals surface area contributed by atoms with Crippen molar-refractivity contribution in [2.24, 2.45) is 5.92 Å². The molecular weight excluding hydrogens is 422 g/mol. The molecule has 166 valence electrons. The number of carbonyl (C=O) groups excluding carboxylic acids is 1. The number of benzene rings is 1. The zero-order valence-corrected chi connectivity index (χ0v) is 18.4. The molecule has 1 aromatic rings. The minimum absolute atomic E-state index is 0.0513. The smallest absolute Gasteiger partial charge is 0.426 e. The van der Waals surface area contributed by atoms with E-state index in [-0.39, 0.29) is 18.6 Å². The highest BCUT2D eigenvalue weighted by Crippen LogP contribution is 2.33. The first-order chi connectivity index (χ1) is 13.8. The minimum atomic E-state index is -5.14. The topological polar surface area (TPSA) is 101 Å². The number of phenolic OH excluding ortho intramolecular Hbond substituents is 1. The van der Waals surface area contributed by atoms with Gasteiger partial charge in [-0.25, -0.2) is 0 Å². The third kappa shape index (κ3) is 6.97. The molecule has 0 aliphatic carbocycles. The molecule has 0 saturated heterocycles. The van der Waals surface area contributed by atoms with Gasteiger partial charge in [-0.05, 0) is 29.5 Å². The van der Waals surface area contributed by atoms with Crippen LogP contribution in [0.1, 0.15) is 35.6 Å². The van der Waals surface area contributed by atoms with E-state index in [1.807, 2.05) is 29.6 Å². The van der Waals surface area contributed by atoms with E-state index in [0.29, 0.717) is 30.1 Å². The minimum Gasteiger partial charge on any atom is -0.507 e. The van der Waals surface area contributed by atoms with Crippen molar-refractivity contribution in [3.63, 3.8) is 0 Å². The van der Waals surface area contributed by atoms with Gasteiger partial charge in [-0.2, -0.15) is 21.6 Å². The van der Waals surface area contributed by atoms with Crippen LogP contribution >= 0.6 is 0 Å². The maximum absolute atomic E-state index is 13.1. The van der Waals surface area contributed by atoms with Gasteiger partial charge >= 0.3 is 12.1 Å². The molecule has 0 heterocycles. The lowest BCUT2D eigenvalue weighted by Gasteiger charge is -2.24. The molecule has 0 aliphatic heterocycles. The van der Waals surface area contributed by atoms with Crippen LogP contribution in [0.2, 0.25) is 0 Å². The molecule has 2 atom stereocenters. The van der Waals surface area contributed by atoms with Crippen molar-refractivity contribution in [2.75, 3.05) is 5.75 Å². The van der Waals surface area contributed by atoms with Crippen LogP contribution in [0.5, 0.6) is 5.75 Å². The number of alkyl halides is 3. The lowest BCUT2D eigenvalue weighted by atomic mass is 9.78. The molecule has 1 aromatic carbocycles. The molecule has 2 N–H and O–H groups in total. The van der Waals surface area contributed by atoms with Crippen LogP contribution in [0.4, 0.5) is 13.2 Å². The van der Waals surface area contributed by atoms with E-state index in [9.17, 15) is 31.5 Å². The molecule has 0 radical (unpaired) electrons. The molecule has 0 saturated carbocycles. The monoisotopic (exact) mass is 448 g/mol. The highest BCUT2D eigenvalue weighted by molar-refractivity contribution is 7.85. The van der Waals surface area contributed by atoms with Gasteiger partial charge < -0.3 is 9.84 Å². The van der Waals surface area contributed by atoms with Crippen LogP contribution in [-0.2, 0) is 45.0 Å². The summed E-state index contributed by atoms with van der Waals surface area (Å²) in [6.45, 7) is 1.61. The molecular formula is C17H26B3F3O6S. The molecule has 0 fully saturated rings. The Bertz CT molecular complexity index is 861. The summed E-state index contributed by atoms with van der Waals surface area (Å²) in [6.07, 6.45) is -6.21. The van der Waals surface area contributed by atoms with Gasteiger partial charge in [-0.15, -0.1) is 0 Å². The van der Waals surface area contributed by atoms with Crippen molar-refractivity contribution in [1.82, 2.24) is 0 Å². The van der Waals surface area contributed by atoms with Crippen LogP contribution in [-0.4, -0.2) is 65.6 Å². The first-order valence-corrected chi connectivity index (χ1v) is 11.5. The molecule has 1 rings (SSSR count). The Hall–Kier alpha value is -1.62. The normalized spacial score (nSPS) is 14.3. The van der Waals surface area contributed by atoms with E-state index < -0.39 is 40.0 Å². The fourth-order valence-corrected chi connectivity index (χ4v) is 4.02. The summed E-state index contributed by atoms with van der Waals surface area (Å²) in [5.74, 6) is -3.81. The first-order valence-electron chi connectivity index (χ1n) is 9.86. The van der Waals surface area contributed by atoms with Crippen molar-refractivity contribution in [2.45, 2.75) is 51.0 Å². The van der Waals surface area contributed by atoms with Gasteiger partial charge in [-0.1, -0.05) is 37.5 Å². The Morgan fingerprint density at radius 2 is 1.70 bits per heavy atom. The Kier molecular flexibility index (Phi) is 9.35. The van der Waals surface area contributed by atoms with Crippen molar-refractivity contribution in [1.29, 1.82) is 0 Å². The average Bonchev–Trinajstić information content (AvgIpc) is 2.63. The van der Waals surface area contributed by atoms with Gasteiger partial charge in [0.05, 0.1) is 5.92 Å². The zero-order valence-electron chi connectivity index (χ0n) is 17.5. The maximum Gasteiger partial charge on any atom is 0.426 e. The number of rotatable bonds is 10. The van der Waals surface area contributed by atoms with Gasteiger partial charge in [0.1, 0.15) is 35.0 Å². The molecule has 6 nitrogen and oxygen atoms in total. The molecule has 0 aliphatic rings. The number of halogens is 3. The lowest BCUT2D eigenvalue weighted by Crippen LogP contribution is -2.41. The van der Waals surface area contributed by atoms with Gasteiger partial charge in [0.25, 0.3) is 10.1 Å². The van der Waals surface area contributed by atoms with E-state index in [1.165, 1.54) is 0 Å². The zero-order chi connectivity index (χ0) is 23.3. The predicted molar refractivity (Wildman–Crippen MR) is 115 cm³/mol. The lowest BCUT2D eigenvalue weighted by molar-refractivity contribution is -0.217. The van der Waals surface area contributed by atoms with E-state index in [2.05, 4.69) is 4.74 Å². The molecule has 30 heavy (non-hydrogen) atoms. The second kappa shape index (κ2) is 10.6. The molecule has 13 heteroatoms. The molecule has 0 spiro atoms. The second-order valence-corrected chi connectivity index (χ2v) is 8.58. The first kappa shape index (κ1) is 26.4. The summed E-state index contributed by atoms with van der Waals surface area (Å²) in [5.41, 5.74) is 2.98. The van der Waals surface area contributed by atoms with Crippen LogP contribution in [0.15, 0.2) is 6.07 Å². The van der Waals surface area contributed by atoms with E-state index in [0.717, 1.165) is 11.1 Å².